The molecule has 1 nitrogen and oxygen atoms in total. The van der Waals surface area contributed by atoms with E-state index in [2.05, 4.69) is 65.3 Å². The molecule has 0 bridgehead atoms. The quantitative estimate of drug-likeness (QED) is 0.529. The molecule has 19 heavy (non-hydrogen) atoms. The van der Waals surface area contributed by atoms with Crippen LogP contribution in [-0.4, -0.2) is 4.57 Å². The van der Waals surface area contributed by atoms with Crippen molar-refractivity contribution in [1.82, 2.24) is 4.57 Å². The van der Waals surface area contributed by atoms with E-state index in [1.807, 2.05) is 0 Å². The Morgan fingerprint density at radius 2 is 1.47 bits per heavy atom. The third kappa shape index (κ3) is 1.61. The average Bonchev–Trinajstić information content (AvgIpc) is 2.83. The van der Waals surface area contributed by atoms with E-state index in [-0.39, 0.29) is 0 Å². The van der Waals surface area contributed by atoms with Gasteiger partial charge in [0.2, 0.25) is 0 Å². The van der Waals surface area contributed by atoms with Crippen LogP contribution in [0.4, 0.5) is 0 Å². The maximum Gasteiger partial charge on any atom is 0.0522 e. The first-order valence-corrected chi connectivity index (χ1v) is 7.09. The predicted octanol–water partition coefficient (Wildman–Crippen LogP) is 5.08. The Labute approximate surface area is 113 Å². The highest BCUT2D eigenvalue weighted by Crippen LogP contribution is 2.34. The van der Waals surface area contributed by atoms with Gasteiger partial charge in [-0.05, 0) is 31.4 Å². The van der Waals surface area contributed by atoms with E-state index in [0.717, 1.165) is 0 Å². The SMILES string of the molecule is C1=CC(n2c3ccccc3c3ccccc32)CCC1. The highest BCUT2D eigenvalue weighted by atomic mass is 15.0. The van der Waals surface area contributed by atoms with E-state index in [1.54, 1.807) is 0 Å². The van der Waals surface area contributed by atoms with Gasteiger partial charge in [-0.3, -0.25) is 0 Å². The lowest BCUT2D eigenvalue weighted by Gasteiger charge is -2.20. The van der Waals surface area contributed by atoms with Gasteiger partial charge < -0.3 is 4.57 Å². The van der Waals surface area contributed by atoms with E-state index in [9.17, 15) is 0 Å². The molecule has 0 amide bonds. The first-order valence-electron chi connectivity index (χ1n) is 7.09. The molecular weight excluding hydrogens is 230 g/mol. The molecule has 0 aliphatic heterocycles. The minimum absolute atomic E-state index is 0.513. The summed E-state index contributed by atoms with van der Waals surface area (Å²) in [6.45, 7) is 0. The van der Waals surface area contributed by atoms with Gasteiger partial charge in [0.15, 0.2) is 0 Å². The number of rotatable bonds is 1. The molecule has 2 aromatic carbocycles. The molecule has 0 radical (unpaired) electrons. The lowest BCUT2D eigenvalue weighted by Crippen LogP contribution is -2.08. The van der Waals surface area contributed by atoms with Gasteiger partial charge in [-0.2, -0.15) is 0 Å². The Hall–Kier alpha value is -2.02. The van der Waals surface area contributed by atoms with Crippen molar-refractivity contribution >= 4 is 21.8 Å². The smallest absolute Gasteiger partial charge is 0.0522 e. The van der Waals surface area contributed by atoms with Gasteiger partial charge in [0.05, 0.1) is 6.04 Å². The fourth-order valence-corrected chi connectivity index (χ4v) is 3.32. The normalized spacial score (nSPS) is 19.3. The van der Waals surface area contributed by atoms with Crippen LogP contribution in [0.25, 0.3) is 21.8 Å². The van der Waals surface area contributed by atoms with Crippen molar-refractivity contribution in [2.75, 3.05) is 0 Å². The van der Waals surface area contributed by atoms with Crippen LogP contribution >= 0.6 is 0 Å². The molecule has 1 aliphatic rings. The fourth-order valence-electron chi connectivity index (χ4n) is 3.32. The standard InChI is InChI=1S/C18H17N/c1-2-8-14(9-3-1)19-17-12-6-4-10-15(17)16-11-5-7-13-18(16)19/h2,4-8,10-14H,1,3,9H2. The molecule has 0 spiro atoms. The molecule has 0 N–H and O–H groups in total. The van der Waals surface area contributed by atoms with Crippen LogP contribution in [0.1, 0.15) is 25.3 Å². The monoisotopic (exact) mass is 247 g/mol. The van der Waals surface area contributed by atoms with Crippen LogP contribution in [0.3, 0.4) is 0 Å². The summed E-state index contributed by atoms with van der Waals surface area (Å²) in [6.07, 6.45) is 8.48. The number of hydrogen-bond donors (Lipinski definition) is 0. The Kier molecular flexibility index (Phi) is 2.44. The largest absolute Gasteiger partial charge is 0.333 e. The van der Waals surface area contributed by atoms with Gasteiger partial charge in [-0.15, -0.1) is 0 Å². The van der Waals surface area contributed by atoms with Crippen molar-refractivity contribution in [2.45, 2.75) is 25.3 Å². The summed E-state index contributed by atoms with van der Waals surface area (Å²) in [5.41, 5.74) is 2.72. The predicted molar refractivity (Wildman–Crippen MR) is 81.5 cm³/mol. The number of aromatic nitrogens is 1. The molecule has 1 aromatic heterocycles. The Morgan fingerprint density at radius 1 is 0.842 bits per heavy atom. The Morgan fingerprint density at radius 3 is 2.05 bits per heavy atom. The van der Waals surface area contributed by atoms with Crippen molar-refractivity contribution in [1.29, 1.82) is 0 Å². The van der Waals surface area contributed by atoms with E-state index in [0.29, 0.717) is 6.04 Å². The lowest BCUT2D eigenvalue weighted by atomic mass is 10.0. The maximum atomic E-state index is 2.51. The topological polar surface area (TPSA) is 4.93 Å². The van der Waals surface area contributed by atoms with Crippen LogP contribution in [0, 0.1) is 0 Å². The van der Waals surface area contributed by atoms with Crippen LogP contribution in [0.15, 0.2) is 60.7 Å². The highest BCUT2D eigenvalue weighted by Gasteiger charge is 2.16. The van der Waals surface area contributed by atoms with Gasteiger partial charge >= 0.3 is 0 Å². The van der Waals surface area contributed by atoms with Gasteiger partial charge in [-0.1, -0.05) is 48.6 Å². The second kappa shape index (κ2) is 4.27. The first kappa shape index (κ1) is 10.9. The summed E-state index contributed by atoms with van der Waals surface area (Å²) >= 11 is 0. The summed E-state index contributed by atoms with van der Waals surface area (Å²) in [6, 6.07) is 18.0. The molecule has 1 unspecified atom stereocenters. The van der Waals surface area contributed by atoms with Crippen LogP contribution in [0.2, 0.25) is 0 Å². The van der Waals surface area contributed by atoms with Crippen molar-refractivity contribution in [3.05, 3.63) is 60.7 Å². The van der Waals surface area contributed by atoms with E-state index in [1.165, 1.54) is 41.1 Å². The summed E-state index contributed by atoms with van der Waals surface area (Å²) < 4.78 is 2.51. The van der Waals surface area contributed by atoms with Gasteiger partial charge in [0.25, 0.3) is 0 Å². The molecule has 1 heterocycles. The van der Waals surface area contributed by atoms with E-state index < -0.39 is 0 Å². The lowest BCUT2D eigenvalue weighted by molar-refractivity contribution is 0.542. The minimum atomic E-state index is 0.513. The maximum absolute atomic E-state index is 2.51. The molecule has 4 rings (SSSR count). The van der Waals surface area contributed by atoms with Gasteiger partial charge in [0.1, 0.15) is 0 Å². The molecular formula is C18H17N. The summed E-state index contributed by atoms with van der Waals surface area (Å²) in [4.78, 5) is 0. The van der Waals surface area contributed by atoms with Crippen LogP contribution in [-0.2, 0) is 0 Å². The van der Waals surface area contributed by atoms with Crippen LogP contribution in [0.5, 0.6) is 0 Å². The zero-order valence-electron chi connectivity index (χ0n) is 10.9. The third-order valence-corrected chi connectivity index (χ3v) is 4.18. The van der Waals surface area contributed by atoms with Crippen molar-refractivity contribution in [3.63, 3.8) is 0 Å². The highest BCUT2D eigenvalue weighted by molar-refractivity contribution is 6.08. The van der Waals surface area contributed by atoms with Crippen molar-refractivity contribution in [2.24, 2.45) is 0 Å². The molecule has 1 atom stereocenters. The molecule has 1 heteroatoms. The molecule has 0 fully saturated rings. The zero-order valence-corrected chi connectivity index (χ0v) is 10.9. The summed E-state index contributed by atoms with van der Waals surface area (Å²) in [5, 5.41) is 2.74. The third-order valence-electron chi connectivity index (χ3n) is 4.18. The summed E-state index contributed by atoms with van der Waals surface area (Å²) in [7, 11) is 0. The Bertz CT molecular complexity index is 710. The Balaban J connectivity index is 2.10. The molecule has 0 saturated heterocycles. The zero-order chi connectivity index (χ0) is 12.7. The molecule has 94 valence electrons. The van der Waals surface area contributed by atoms with Crippen molar-refractivity contribution < 1.29 is 0 Å². The van der Waals surface area contributed by atoms with Crippen LogP contribution < -0.4 is 0 Å². The molecule has 3 aromatic rings. The fraction of sp³-hybridized carbons (Fsp3) is 0.222. The van der Waals surface area contributed by atoms with Crippen molar-refractivity contribution in [3.8, 4) is 0 Å². The number of fused-ring (bicyclic) bond motifs is 3. The van der Waals surface area contributed by atoms with Gasteiger partial charge in [-0.25, -0.2) is 0 Å². The second-order valence-electron chi connectivity index (χ2n) is 5.33. The van der Waals surface area contributed by atoms with E-state index >= 15 is 0 Å². The number of benzene rings is 2. The number of para-hydroxylation sites is 2. The minimum Gasteiger partial charge on any atom is -0.333 e. The first-order chi connectivity index (χ1) is 9.45. The number of nitrogens with zero attached hydrogens (tertiary/aromatic N) is 1. The average molecular weight is 247 g/mol. The number of allylic oxidation sites excluding steroid dienone is 2. The van der Waals surface area contributed by atoms with E-state index in [4.69, 9.17) is 0 Å². The second-order valence-corrected chi connectivity index (χ2v) is 5.33. The molecule has 1 aliphatic carbocycles. The molecule has 0 saturated carbocycles. The van der Waals surface area contributed by atoms with Gasteiger partial charge in [0, 0.05) is 21.8 Å². The number of hydrogen-bond acceptors (Lipinski definition) is 0. The summed E-state index contributed by atoms with van der Waals surface area (Å²) in [5.74, 6) is 0.